The Morgan fingerprint density at radius 1 is 1.35 bits per heavy atom. The van der Waals surface area contributed by atoms with Gasteiger partial charge in [0.1, 0.15) is 11.0 Å². The van der Waals surface area contributed by atoms with E-state index >= 15 is 0 Å². The lowest BCUT2D eigenvalue weighted by atomic mass is 10.2. The number of nitrogens with two attached hydrogens (primary N) is 1. The maximum absolute atomic E-state index is 5.80. The van der Waals surface area contributed by atoms with E-state index in [0.29, 0.717) is 16.7 Å². The van der Waals surface area contributed by atoms with E-state index in [9.17, 15) is 0 Å². The zero-order valence-corrected chi connectivity index (χ0v) is 9.98. The van der Waals surface area contributed by atoms with Crippen molar-refractivity contribution in [3.8, 4) is 0 Å². The molecule has 0 aliphatic rings. The third kappa shape index (κ3) is 3.60. The van der Waals surface area contributed by atoms with E-state index in [1.807, 2.05) is 18.3 Å². The fraction of sp³-hybridized carbons (Fsp3) is 0.167. The maximum Gasteiger partial charge on any atom is 0.133 e. The molecule has 3 N–H and O–H groups in total. The molecule has 0 saturated heterocycles. The normalized spacial score (nSPS) is 10.2. The number of nitrogens with zero attached hydrogens (tertiary/aromatic N) is 2. The van der Waals surface area contributed by atoms with Crippen LogP contribution in [-0.2, 0) is 6.42 Å². The molecule has 88 valence electrons. The van der Waals surface area contributed by atoms with Gasteiger partial charge in [0.05, 0.1) is 0 Å². The molecule has 0 aliphatic heterocycles. The van der Waals surface area contributed by atoms with Crippen molar-refractivity contribution in [2.45, 2.75) is 6.42 Å². The molecule has 0 aromatic carbocycles. The van der Waals surface area contributed by atoms with Crippen LogP contribution in [0.2, 0.25) is 5.15 Å². The summed E-state index contributed by atoms with van der Waals surface area (Å²) in [5, 5.41) is 3.57. The third-order valence-electron chi connectivity index (χ3n) is 2.26. The molecule has 0 radical (unpaired) electrons. The number of hydrogen-bond acceptors (Lipinski definition) is 4. The number of nitrogen functional groups attached to an aromatic ring is 1. The smallest absolute Gasteiger partial charge is 0.133 e. The molecule has 0 spiro atoms. The summed E-state index contributed by atoms with van der Waals surface area (Å²) in [6.07, 6.45) is 4.49. The van der Waals surface area contributed by atoms with Crippen molar-refractivity contribution >= 4 is 23.1 Å². The molecule has 5 heteroatoms. The van der Waals surface area contributed by atoms with Crippen LogP contribution in [0.5, 0.6) is 0 Å². The van der Waals surface area contributed by atoms with E-state index in [-0.39, 0.29) is 0 Å². The number of nitrogens with one attached hydrogen (secondary N) is 1. The molecule has 0 amide bonds. The Kier molecular flexibility index (Phi) is 3.77. The second-order valence-corrected chi connectivity index (χ2v) is 4.03. The van der Waals surface area contributed by atoms with Crippen LogP contribution in [0.4, 0.5) is 11.5 Å². The Bertz CT molecular complexity index is 467. The average molecular weight is 249 g/mol. The lowest BCUT2D eigenvalue weighted by molar-refractivity contribution is 0.994. The van der Waals surface area contributed by atoms with Crippen LogP contribution >= 0.6 is 11.6 Å². The average Bonchev–Trinajstić information content (AvgIpc) is 2.29. The van der Waals surface area contributed by atoms with Crippen LogP contribution in [0.1, 0.15) is 5.56 Å². The number of hydrogen-bond donors (Lipinski definition) is 2. The topological polar surface area (TPSA) is 63.8 Å². The molecular weight excluding hydrogens is 236 g/mol. The van der Waals surface area contributed by atoms with Crippen LogP contribution in [-0.4, -0.2) is 16.5 Å². The second kappa shape index (κ2) is 5.50. The quantitative estimate of drug-likeness (QED) is 0.816. The summed E-state index contributed by atoms with van der Waals surface area (Å²) < 4.78 is 0. The zero-order valence-electron chi connectivity index (χ0n) is 9.23. The molecule has 0 aliphatic carbocycles. The minimum atomic E-state index is 0.397. The van der Waals surface area contributed by atoms with E-state index in [4.69, 9.17) is 17.3 Å². The summed E-state index contributed by atoms with van der Waals surface area (Å²) >= 11 is 5.80. The first-order valence-electron chi connectivity index (χ1n) is 5.30. The van der Waals surface area contributed by atoms with Crippen molar-refractivity contribution < 1.29 is 0 Å². The number of aromatic nitrogens is 2. The monoisotopic (exact) mass is 248 g/mol. The lowest BCUT2D eigenvalue weighted by Crippen LogP contribution is -2.07. The first kappa shape index (κ1) is 11.7. The minimum absolute atomic E-state index is 0.397. The first-order valence-corrected chi connectivity index (χ1v) is 5.68. The van der Waals surface area contributed by atoms with E-state index in [1.165, 1.54) is 5.56 Å². The van der Waals surface area contributed by atoms with Crippen molar-refractivity contribution in [1.29, 1.82) is 0 Å². The zero-order chi connectivity index (χ0) is 12.1. The van der Waals surface area contributed by atoms with Crippen molar-refractivity contribution in [3.05, 3.63) is 47.4 Å². The number of pyridine rings is 2. The molecule has 0 unspecified atom stereocenters. The van der Waals surface area contributed by atoms with Gasteiger partial charge in [-0.2, -0.15) is 0 Å². The van der Waals surface area contributed by atoms with Crippen LogP contribution < -0.4 is 11.1 Å². The molecule has 4 nitrogen and oxygen atoms in total. The molecule has 2 aromatic heterocycles. The van der Waals surface area contributed by atoms with Crippen molar-refractivity contribution in [1.82, 2.24) is 9.97 Å². The van der Waals surface area contributed by atoms with Gasteiger partial charge in [-0.15, -0.1) is 0 Å². The Labute approximate surface area is 105 Å². The van der Waals surface area contributed by atoms with Crippen LogP contribution in [0.25, 0.3) is 0 Å². The Morgan fingerprint density at radius 2 is 2.24 bits per heavy atom. The molecular formula is C12H13ClN4. The van der Waals surface area contributed by atoms with Gasteiger partial charge in [0.25, 0.3) is 0 Å². The summed E-state index contributed by atoms with van der Waals surface area (Å²) in [5.41, 5.74) is 7.45. The van der Waals surface area contributed by atoms with Gasteiger partial charge in [-0.3, -0.25) is 4.98 Å². The highest BCUT2D eigenvalue weighted by atomic mass is 35.5. The van der Waals surface area contributed by atoms with Crippen LogP contribution in [0, 0.1) is 0 Å². The summed E-state index contributed by atoms with van der Waals surface area (Å²) in [6, 6.07) is 7.34. The summed E-state index contributed by atoms with van der Waals surface area (Å²) in [4.78, 5) is 8.18. The van der Waals surface area contributed by atoms with Crippen LogP contribution in [0.15, 0.2) is 36.7 Å². The number of halogens is 1. The molecule has 17 heavy (non-hydrogen) atoms. The van der Waals surface area contributed by atoms with E-state index in [2.05, 4.69) is 15.3 Å². The fourth-order valence-corrected chi connectivity index (χ4v) is 1.71. The summed E-state index contributed by atoms with van der Waals surface area (Å²) in [6.45, 7) is 0.762. The largest absolute Gasteiger partial charge is 0.399 e. The van der Waals surface area contributed by atoms with Gasteiger partial charge in [-0.05, 0) is 24.1 Å². The molecule has 0 bridgehead atoms. The first-order chi connectivity index (χ1) is 8.24. The van der Waals surface area contributed by atoms with Gasteiger partial charge in [-0.25, -0.2) is 4.98 Å². The summed E-state index contributed by atoms with van der Waals surface area (Å²) in [5.74, 6) is 0.693. The molecule has 0 atom stereocenters. The molecule has 0 saturated carbocycles. The molecule has 0 fully saturated rings. The summed E-state index contributed by atoms with van der Waals surface area (Å²) in [7, 11) is 0. The maximum atomic E-state index is 5.80. The molecule has 2 heterocycles. The highest BCUT2D eigenvalue weighted by Crippen LogP contribution is 2.15. The highest BCUT2D eigenvalue weighted by Gasteiger charge is 1.98. The van der Waals surface area contributed by atoms with Gasteiger partial charge in [-0.1, -0.05) is 17.7 Å². The van der Waals surface area contributed by atoms with Crippen LogP contribution in [0.3, 0.4) is 0 Å². The number of rotatable bonds is 4. The number of anilines is 2. The Morgan fingerprint density at radius 3 is 2.94 bits per heavy atom. The van der Waals surface area contributed by atoms with Crippen molar-refractivity contribution in [2.75, 3.05) is 17.6 Å². The third-order valence-corrected chi connectivity index (χ3v) is 2.45. The minimum Gasteiger partial charge on any atom is -0.399 e. The van der Waals surface area contributed by atoms with Gasteiger partial charge in [0.15, 0.2) is 0 Å². The van der Waals surface area contributed by atoms with Crippen molar-refractivity contribution in [2.24, 2.45) is 0 Å². The second-order valence-electron chi connectivity index (χ2n) is 3.65. The lowest BCUT2D eigenvalue weighted by Gasteiger charge is -2.06. The predicted molar refractivity (Wildman–Crippen MR) is 70.1 cm³/mol. The standard InChI is InChI=1S/C12H13ClN4/c13-11-6-10(14)7-12(17-11)16-5-3-9-2-1-4-15-8-9/h1-2,4,6-8H,3,5H2,(H3,14,16,17). The molecule has 2 aromatic rings. The Hall–Kier alpha value is -1.81. The van der Waals surface area contributed by atoms with E-state index in [1.54, 1.807) is 18.3 Å². The van der Waals surface area contributed by atoms with Gasteiger partial charge < -0.3 is 11.1 Å². The van der Waals surface area contributed by atoms with Crippen molar-refractivity contribution in [3.63, 3.8) is 0 Å². The fourth-order valence-electron chi connectivity index (χ4n) is 1.49. The van der Waals surface area contributed by atoms with Gasteiger partial charge in [0.2, 0.25) is 0 Å². The SMILES string of the molecule is Nc1cc(Cl)nc(NCCc2cccnc2)c1. The highest BCUT2D eigenvalue weighted by molar-refractivity contribution is 6.29. The predicted octanol–water partition coefficient (Wildman–Crippen LogP) is 2.37. The van der Waals surface area contributed by atoms with Gasteiger partial charge >= 0.3 is 0 Å². The Balaban J connectivity index is 1.90. The van der Waals surface area contributed by atoms with Gasteiger partial charge in [0, 0.05) is 30.7 Å². The van der Waals surface area contributed by atoms with E-state index in [0.717, 1.165) is 13.0 Å². The van der Waals surface area contributed by atoms with E-state index < -0.39 is 0 Å². The molecule has 2 rings (SSSR count).